The van der Waals surface area contributed by atoms with Crippen LogP contribution < -0.4 is 0 Å². The standard InChI is InChI=1S/C14H13ClN2OS/c1-17-10-5-3-2-4-9(10)16-14(17)8-11(18)12-6-7-13(15)19-12/h2-7,11,18H,8H2,1H3. The molecule has 19 heavy (non-hydrogen) atoms. The van der Waals surface area contributed by atoms with Crippen LogP contribution >= 0.6 is 22.9 Å². The fourth-order valence-corrected chi connectivity index (χ4v) is 3.21. The quantitative estimate of drug-likeness (QED) is 0.801. The van der Waals surface area contributed by atoms with Crippen LogP contribution in [0.3, 0.4) is 0 Å². The maximum absolute atomic E-state index is 10.2. The molecule has 0 saturated carbocycles. The van der Waals surface area contributed by atoms with Crippen LogP contribution in [0, 0.1) is 0 Å². The van der Waals surface area contributed by atoms with E-state index in [2.05, 4.69) is 4.98 Å². The Bertz CT molecular complexity index is 719. The molecular formula is C14H13ClN2OS. The van der Waals surface area contributed by atoms with Crippen LogP contribution in [-0.4, -0.2) is 14.7 Å². The van der Waals surface area contributed by atoms with Crippen molar-refractivity contribution in [3.8, 4) is 0 Å². The average molecular weight is 293 g/mol. The first-order chi connectivity index (χ1) is 9.15. The van der Waals surface area contributed by atoms with Crippen LogP contribution in [0.5, 0.6) is 0 Å². The normalized spacial score (nSPS) is 13.0. The Kier molecular flexibility index (Phi) is 3.31. The second kappa shape index (κ2) is 4.96. The lowest BCUT2D eigenvalue weighted by molar-refractivity contribution is 0.179. The summed E-state index contributed by atoms with van der Waals surface area (Å²) in [5.74, 6) is 0.873. The summed E-state index contributed by atoms with van der Waals surface area (Å²) in [6.07, 6.45) is -0.0739. The highest BCUT2D eigenvalue weighted by Gasteiger charge is 2.15. The minimum Gasteiger partial charge on any atom is -0.387 e. The van der Waals surface area contributed by atoms with Crippen molar-refractivity contribution in [1.29, 1.82) is 0 Å². The van der Waals surface area contributed by atoms with Crippen LogP contribution in [0.25, 0.3) is 11.0 Å². The third kappa shape index (κ3) is 2.39. The molecule has 0 bridgehead atoms. The molecule has 0 aliphatic carbocycles. The zero-order valence-electron chi connectivity index (χ0n) is 10.4. The Balaban J connectivity index is 1.91. The molecule has 1 atom stereocenters. The molecule has 1 aromatic carbocycles. The second-order valence-electron chi connectivity index (χ2n) is 4.44. The highest BCUT2D eigenvalue weighted by atomic mass is 35.5. The number of rotatable bonds is 3. The number of imidazole rings is 1. The van der Waals surface area contributed by atoms with Gasteiger partial charge in [-0.1, -0.05) is 23.7 Å². The topological polar surface area (TPSA) is 38.0 Å². The molecule has 0 amide bonds. The monoisotopic (exact) mass is 292 g/mol. The Morgan fingerprint density at radius 3 is 2.79 bits per heavy atom. The van der Waals surface area contributed by atoms with E-state index >= 15 is 0 Å². The van der Waals surface area contributed by atoms with E-state index in [1.54, 1.807) is 6.07 Å². The summed E-state index contributed by atoms with van der Waals surface area (Å²) in [6, 6.07) is 11.6. The number of hydrogen-bond acceptors (Lipinski definition) is 3. The van der Waals surface area contributed by atoms with E-state index in [1.165, 1.54) is 11.3 Å². The third-order valence-electron chi connectivity index (χ3n) is 3.18. The maximum Gasteiger partial charge on any atom is 0.112 e. The van der Waals surface area contributed by atoms with Gasteiger partial charge in [-0.15, -0.1) is 11.3 Å². The molecule has 2 heterocycles. The average Bonchev–Trinajstić information content (AvgIpc) is 2.96. The van der Waals surface area contributed by atoms with Gasteiger partial charge in [0, 0.05) is 18.3 Å². The van der Waals surface area contributed by atoms with Gasteiger partial charge in [-0.3, -0.25) is 0 Å². The number of aromatic nitrogens is 2. The SMILES string of the molecule is Cn1c(CC(O)c2ccc(Cl)s2)nc2ccccc21. The molecular weight excluding hydrogens is 280 g/mol. The number of aliphatic hydroxyl groups is 1. The predicted molar refractivity (Wildman–Crippen MR) is 78.7 cm³/mol. The number of para-hydroxylation sites is 2. The number of benzene rings is 1. The van der Waals surface area contributed by atoms with Gasteiger partial charge in [0.1, 0.15) is 5.82 Å². The molecule has 98 valence electrons. The van der Waals surface area contributed by atoms with Crippen LogP contribution in [0.2, 0.25) is 4.34 Å². The maximum atomic E-state index is 10.2. The van der Waals surface area contributed by atoms with Crippen molar-refractivity contribution in [2.45, 2.75) is 12.5 Å². The van der Waals surface area contributed by atoms with Crippen LogP contribution in [0.4, 0.5) is 0 Å². The molecule has 1 unspecified atom stereocenters. The van der Waals surface area contributed by atoms with Gasteiger partial charge in [0.15, 0.2) is 0 Å². The summed E-state index contributed by atoms with van der Waals surface area (Å²) in [4.78, 5) is 5.43. The molecule has 2 aromatic heterocycles. The molecule has 0 aliphatic rings. The first kappa shape index (κ1) is 12.7. The van der Waals surface area contributed by atoms with E-state index in [0.29, 0.717) is 10.8 Å². The Labute approximate surface area is 120 Å². The van der Waals surface area contributed by atoms with Gasteiger partial charge in [-0.25, -0.2) is 4.98 Å². The van der Waals surface area contributed by atoms with Crippen molar-refractivity contribution in [1.82, 2.24) is 9.55 Å². The summed E-state index contributed by atoms with van der Waals surface area (Å²) in [7, 11) is 1.97. The molecule has 0 radical (unpaired) electrons. The highest BCUT2D eigenvalue weighted by Crippen LogP contribution is 2.29. The van der Waals surface area contributed by atoms with Crippen molar-refractivity contribution < 1.29 is 5.11 Å². The molecule has 1 N–H and O–H groups in total. The third-order valence-corrected chi connectivity index (χ3v) is 4.51. The molecule has 0 saturated heterocycles. The van der Waals surface area contributed by atoms with Gasteiger partial charge in [0.05, 0.1) is 21.5 Å². The van der Waals surface area contributed by atoms with E-state index in [0.717, 1.165) is 21.7 Å². The van der Waals surface area contributed by atoms with Gasteiger partial charge in [0.2, 0.25) is 0 Å². The van der Waals surface area contributed by atoms with E-state index < -0.39 is 6.10 Å². The van der Waals surface area contributed by atoms with Crippen LogP contribution in [0.15, 0.2) is 36.4 Å². The minimum atomic E-state index is -0.562. The number of nitrogens with zero attached hydrogens (tertiary/aromatic N) is 2. The van der Waals surface area contributed by atoms with Gasteiger partial charge in [0.25, 0.3) is 0 Å². The lowest BCUT2D eigenvalue weighted by Crippen LogP contribution is -2.05. The largest absolute Gasteiger partial charge is 0.387 e. The van der Waals surface area contributed by atoms with Crippen molar-refractivity contribution in [3.05, 3.63) is 51.4 Å². The van der Waals surface area contributed by atoms with E-state index in [4.69, 9.17) is 11.6 Å². The lowest BCUT2D eigenvalue weighted by atomic mass is 10.2. The number of thiophene rings is 1. The molecule has 3 aromatic rings. The number of aryl methyl sites for hydroxylation is 1. The Morgan fingerprint density at radius 1 is 1.32 bits per heavy atom. The summed E-state index contributed by atoms with van der Waals surface area (Å²) < 4.78 is 2.72. The summed E-state index contributed by atoms with van der Waals surface area (Å²) in [5.41, 5.74) is 2.03. The Morgan fingerprint density at radius 2 is 2.11 bits per heavy atom. The predicted octanol–water partition coefficient (Wildman–Crippen LogP) is 3.56. The van der Waals surface area contributed by atoms with Crippen molar-refractivity contribution >= 4 is 34.0 Å². The molecule has 5 heteroatoms. The van der Waals surface area contributed by atoms with E-state index in [9.17, 15) is 5.11 Å². The molecule has 0 spiro atoms. The fraction of sp³-hybridized carbons (Fsp3) is 0.214. The van der Waals surface area contributed by atoms with E-state index in [-0.39, 0.29) is 0 Å². The second-order valence-corrected chi connectivity index (χ2v) is 6.18. The summed E-state index contributed by atoms with van der Waals surface area (Å²) >= 11 is 7.30. The molecule has 0 aliphatic heterocycles. The number of aliphatic hydroxyl groups excluding tert-OH is 1. The first-order valence-corrected chi connectivity index (χ1v) is 7.18. The zero-order chi connectivity index (χ0) is 13.4. The molecule has 3 nitrogen and oxygen atoms in total. The highest BCUT2D eigenvalue weighted by molar-refractivity contribution is 7.16. The minimum absolute atomic E-state index is 0.488. The van der Waals surface area contributed by atoms with Crippen molar-refractivity contribution in [3.63, 3.8) is 0 Å². The van der Waals surface area contributed by atoms with E-state index in [1.807, 2.05) is 41.9 Å². The Hall–Kier alpha value is -1.36. The first-order valence-electron chi connectivity index (χ1n) is 5.99. The molecule has 3 rings (SSSR count). The zero-order valence-corrected chi connectivity index (χ0v) is 11.9. The lowest BCUT2D eigenvalue weighted by Gasteiger charge is -2.08. The number of halogens is 1. The van der Waals surface area contributed by atoms with Crippen LogP contribution in [-0.2, 0) is 13.5 Å². The van der Waals surface area contributed by atoms with Gasteiger partial charge in [-0.2, -0.15) is 0 Å². The number of hydrogen-bond donors (Lipinski definition) is 1. The van der Waals surface area contributed by atoms with Crippen molar-refractivity contribution in [2.75, 3.05) is 0 Å². The number of fused-ring (bicyclic) bond motifs is 1. The molecule has 0 fully saturated rings. The van der Waals surface area contributed by atoms with Crippen molar-refractivity contribution in [2.24, 2.45) is 7.05 Å². The smallest absolute Gasteiger partial charge is 0.112 e. The van der Waals surface area contributed by atoms with Gasteiger partial charge >= 0.3 is 0 Å². The van der Waals surface area contributed by atoms with Crippen LogP contribution in [0.1, 0.15) is 16.8 Å². The fourth-order valence-electron chi connectivity index (χ4n) is 2.16. The van der Waals surface area contributed by atoms with Gasteiger partial charge in [-0.05, 0) is 24.3 Å². The summed E-state index contributed by atoms with van der Waals surface area (Å²) in [6.45, 7) is 0. The van der Waals surface area contributed by atoms with Gasteiger partial charge < -0.3 is 9.67 Å². The summed E-state index contributed by atoms with van der Waals surface area (Å²) in [5, 5.41) is 10.2.